The molecule has 3 rings (SSSR count). The smallest absolute Gasteiger partial charge is 0.233 e. The van der Waals surface area contributed by atoms with Gasteiger partial charge in [-0.3, -0.25) is 4.79 Å². The van der Waals surface area contributed by atoms with Crippen LogP contribution in [0.3, 0.4) is 0 Å². The first-order valence-electron chi connectivity index (χ1n) is 8.30. The second-order valence-electron chi connectivity index (χ2n) is 6.55. The summed E-state index contributed by atoms with van der Waals surface area (Å²) in [5.41, 5.74) is 2.24. The van der Waals surface area contributed by atoms with Gasteiger partial charge in [0.25, 0.3) is 0 Å². The third kappa shape index (κ3) is 2.84. The minimum atomic E-state index is -0.254. The third-order valence-corrected chi connectivity index (χ3v) is 5.06. The fourth-order valence-electron chi connectivity index (χ4n) is 3.90. The molecule has 0 unspecified atom stereocenters. The molecule has 0 atom stereocenters. The Morgan fingerprint density at radius 2 is 1.95 bits per heavy atom. The zero-order valence-corrected chi connectivity index (χ0v) is 13.0. The molecule has 0 aromatic heterocycles. The van der Waals surface area contributed by atoms with Crippen LogP contribution in [0.2, 0.25) is 0 Å². The van der Waals surface area contributed by atoms with Crippen LogP contribution in [0.15, 0.2) is 24.3 Å². The van der Waals surface area contributed by atoms with Crippen LogP contribution in [0.4, 0.5) is 0 Å². The van der Waals surface area contributed by atoms with Crippen LogP contribution in [-0.2, 0) is 10.2 Å². The molecule has 2 aliphatic rings. The SMILES string of the molecule is Cc1cccc(C2(C(=O)N3CCCNCC3)CCCC2)c1. The van der Waals surface area contributed by atoms with Gasteiger partial charge < -0.3 is 10.2 Å². The van der Waals surface area contributed by atoms with E-state index in [1.54, 1.807) is 0 Å². The van der Waals surface area contributed by atoms with Crippen LogP contribution < -0.4 is 5.32 Å². The summed E-state index contributed by atoms with van der Waals surface area (Å²) < 4.78 is 0. The molecule has 2 fully saturated rings. The van der Waals surface area contributed by atoms with Gasteiger partial charge in [0, 0.05) is 19.6 Å². The highest BCUT2D eigenvalue weighted by atomic mass is 16.2. The molecule has 3 nitrogen and oxygen atoms in total. The van der Waals surface area contributed by atoms with Gasteiger partial charge in [0.2, 0.25) is 5.91 Å². The van der Waals surface area contributed by atoms with Crippen molar-refractivity contribution in [2.45, 2.75) is 44.4 Å². The van der Waals surface area contributed by atoms with Gasteiger partial charge in [-0.05, 0) is 38.3 Å². The Kier molecular flexibility index (Phi) is 4.29. The Bertz CT molecular complexity index is 498. The van der Waals surface area contributed by atoms with Gasteiger partial charge in [-0.15, -0.1) is 0 Å². The minimum Gasteiger partial charge on any atom is -0.341 e. The van der Waals surface area contributed by atoms with E-state index in [0.29, 0.717) is 5.91 Å². The Morgan fingerprint density at radius 1 is 1.14 bits per heavy atom. The lowest BCUT2D eigenvalue weighted by atomic mass is 9.77. The van der Waals surface area contributed by atoms with E-state index in [2.05, 4.69) is 41.4 Å². The van der Waals surface area contributed by atoms with Gasteiger partial charge >= 0.3 is 0 Å². The molecule has 21 heavy (non-hydrogen) atoms. The Balaban J connectivity index is 1.91. The number of nitrogens with one attached hydrogen (secondary N) is 1. The standard InChI is InChI=1S/C18H26N2O/c1-15-6-4-7-16(14-15)18(8-2-3-9-18)17(21)20-12-5-10-19-11-13-20/h4,6-7,14,19H,2-3,5,8-13H2,1H3. The first-order valence-corrected chi connectivity index (χ1v) is 8.30. The third-order valence-electron chi connectivity index (χ3n) is 5.06. The van der Waals surface area contributed by atoms with Gasteiger partial charge in [0.1, 0.15) is 0 Å². The van der Waals surface area contributed by atoms with E-state index >= 15 is 0 Å². The Labute approximate surface area is 127 Å². The molecule has 114 valence electrons. The fourth-order valence-corrected chi connectivity index (χ4v) is 3.90. The lowest BCUT2D eigenvalue weighted by Crippen LogP contribution is -2.46. The van der Waals surface area contributed by atoms with Crippen molar-refractivity contribution in [1.82, 2.24) is 10.2 Å². The topological polar surface area (TPSA) is 32.3 Å². The van der Waals surface area contributed by atoms with Gasteiger partial charge in [-0.2, -0.15) is 0 Å². The van der Waals surface area contributed by atoms with Crippen LogP contribution in [0.25, 0.3) is 0 Å². The van der Waals surface area contributed by atoms with E-state index in [1.807, 2.05) is 0 Å². The number of carbonyl (C=O) groups excluding carboxylic acids is 1. The number of aryl methyl sites for hydroxylation is 1. The lowest BCUT2D eigenvalue weighted by Gasteiger charge is -2.34. The molecule has 1 aliphatic heterocycles. The molecule has 1 amide bonds. The highest BCUT2D eigenvalue weighted by Gasteiger charge is 2.44. The largest absolute Gasteiger partial charge is 0.341 e. The van der Waals surface area contributed by atoms with Crippen LogP contribution in [0.5, 0.6) is 0 Å². The second-order valence-corrected chi connectivity index (χ2v) is 6.55. The van der Waals surface area contributed by atoms with E-state index in [1.165, 1.54) is 24.0 Å². The Morgan fingerprint density at radius 3 is 2.71 bits per heavy atom. The van der Waals surface area contributed by atoms with E-state index in [4.69, 9.17) is 0 Å². The number of hydrogen-bond donors (Lipinski definition) is 1. The van der Waals surface area contributed by atoms with Gasteiger partial charge in [-0.1, -0.05) is 42.7 Å². The van der Waals surface area contributed by atoms with E-state index in [0.717, 1.165) is 45.4 Å². The molecule has 1 N–H and O–H groups in total. The molecule has 1 aliphatic carbocycles. The molecule has 1 aromatic rings. The number of carbonyl (C=O) groups is 1. The lowest BCUT2D eigenvalue weighted by molar-refractivity contribution is -0.137. The van der Waals surface area contributed by atoms with Crippen molar-refractivity contribution in [3.63, 3.8) is 0 Å². The van der Waals surface area contributed by atoms with Gasteiger partial charge in [-0.25, -0.2) is 0 Å². The van der Waals surface area contributed by atoms with Crippen molar-refractivity contribution in [2.24, 2.45) is 0 Å². The molecule has 1 saturated heterocycles. The van der Waals surface area contributed by atoms with E-state index < -0.39 is 0 Å². The molecule has 0 radical (unpaired) electrons. The molecular weight excluding hydrogens is 260 g/mol. The van der Waals surface area contributed by atoms with Crippen molar-refractivity contribution in [2.75, 3.05) is 26.2 Å². The van der Waals surface area contributed by atoms with E-state index in [9.17, 15) is 4.79 Å². The zero-order chi connectivity index (χ0) is 14.7. The Hall–Kier alpha value is -1.35. The van der Waals surface area contributed by atoms with Crippen molar-refractivity contribution >= 4 is 5.91 Å². The van der Waals surface area contributed by atoms with Crippen molar-refractivity contribution in [3.05, 3.63) is 35.4 Å². The minimum absolute atomic E-state index is 0.254. The summed E-state index contributed by atoms with van der Waals surface area (Å²) in [6, 6.07) is 8.60. The zero-order valence-electron chi connectivity index (χ0n) is 13.0. The molecule has 1 heterocycles. The maximum atomic E-state index is 13.3. The predicted molar refractivity (Wildman–Crippen MR) is 85.4 cm³/mol. The van der Waals surface area contributed by atoms with Crippen molar-refractivity contribution in [3.8, 4) is 0 Å². The number of hydrogen-bond acceptors (Lipinski definition) is 2. The maximum absolute atomic E-state index is 13.3. The highest BCUT2D eigenvalue weighted by molar-refractivity contribution is 5.88. The average molecular weight is 286 g/mol. The van der Waals surface area contributed by atoms with Crippen LogP contribution in [-0.4, -0.2) is 37.0 Å². The summed E-state index contributed by atoms with van der Waals surface area (Å²) >= 11 is 0. The summed E-state index contributed by atoms with van der Waals surface area (Å²) in [5.74, 6) is 0.370. The molecule has 3 heteroatoms. The highest BCUT2D eigenvalue weighted by Crippen LogP contribution is 2.43. The number of amides is 1. The summed E-state index contributed by atoms with van der Waals surface area (Å²) in [4.78, 5) is 15.4. The summed E-state index contributed by atoms with van der Waals surface area (Å²) in [7, 11) is 0. The summed E-state index contributed by atoms with van der Waals surface area (Å²) in [6.07, 6.45) is 5.44. The normalized spacial score (nSPS) is 22.0. The summed E-state index contributed by atoms with van der Waals surface area (Å²) in [6.45, 7) is 5.83. The maximum Gasteiger partial charge on any atom is 0.233 e. The second kappa shape index (κ2) is 6.18. The first-order chi connectivity index (χ1) is 10.2. The number of rotatable bonds is 2. The fraction of sp³-hybridized carbons (Fsp3) is 0.611. The van der Waals surface area contributed by atoms with E-state index in [-0.39, 0.29) is 5.41 Å². The molecule has 1 aromatic carbocycles. The molecule has 1 saturated carbocycles. The average Bonchev–Trinajstić information content (AvgIpc) is 2.84. The summed E-state index contributed by atoms with van der Waals surface area (Å²) in [5, 5.41) is 3.39. The number of nitrogens with zero attached hydrogens (tertiary/aromatic N) is 1. The molecular formula is C18H26N2O. The van der Waals surface area contributed by atoms with Crippen molar-refractivity contribution in [1.29, 1.82) is 0 Å². The first kappa shape index (κ1) is 14.6. The monoisotopic (exact) mass is 286 g/mol. The van der Waals surface area contributed by atoms with Crippen LogP contribution in [0, 0.1) is 6.92 Å². The van der Waals surface area contributed by atoms with Crippen LogP contribution in [0.1, 0.15) is 43.2 Å². The number of benzene rings is 1. The molecule has 0 spiro atoms. The van der Waals surface area contributed by atoms with Crippen molar-refractivity contribution < 1.29 is 4.79 Å². The predicted octanol–water partition coefficient (Wildman–Crippen LogP) is 2.63. The van der Waals surface area contributed by atoms with Gasteiger partial charge in [0.15, 0.2) is 0 Å². The molecule has 0 bridgehead atoms. The van der Waals surface area contributed by atoms with Gasteiger partial charge in [0.05, 0.1) is 5.41 Å². The van der Waals surface area contributed by atoms with Crippen LogP contribution >= 0.6 is 0 Å². The quantitative estimate of drug-likeness (QED) is 0.906.